The first-order valence-electron chi connectivity index (χ1n) is 10.3. The van der Waals surface area contributed by atoms with Crippen LogP contribution in [0, 0.1) is 0 Å². The molecule has 0 aliphatic heterocycles. The number of amides is 2. The van der Waals surface area contributed by atoms with Crippen molar-refractivity contribution in [1.82, 2.24) is 0 Å². The number of hydrogen-bond donors (Lipinski definition) is 2. The predicted octanol–water partition coefficient (Wildman–Crippen LogP) is 6.12. The van der Waals surface area contributed by atoms with Gasteiger partial charge in [-0.3, -0.25) is 9.59 Å². The second-order valence-corrected chi connectivity index (χ2v) is 8.75. The number of thioether (sulfide) groups is 1. The van der Waals surface area contributed by atoms with Gasteiger partial charge in [-0.05, 0) is 61.0 Å². The molecule has 2 N–H and O–H groups in total. The molecule has 33 heavy (non-hydrogen) atoms. The number of halogens is 1. The predicted molar refractivity (Wildman–Crippen MR) is 134 cm³/mol. The van der Waals surface area contributed by atoms with Gasteiger partial charge < -0.3 is 20.1 Å². The Balaban J connectivity index is 1.66. The summed E-state index contributed by atoms with van der Waals surface area (Å²) in [6.45, 7) is 1.95. The highest BCUT2D eigenvalue weighted by Gasteiger charge is 2.19. The summed E-state index contributed by atoms with van der Waals surface area (Å²) in [6.07, 6.45) is 0.626. The molecule has 3 aromatic carbocycles. The van der Waals surface area contributed by atoms with Crippen molar-refractivity contribution in [2.24, 2.45) is 0 Å². The summed E-state index contributed by atoms with van der Waals surface area (Å²) in [5.74, 6) is 0.789. The molecule has 172 valence electrons. The van der Waals surface area contributed by atoms with Gasteiger partial charge in [0.2, 0.25) is 5.91 Å². The summed E-state index contributed by atoms with van der Waals surface area (Å²) in [5.41, 5.74) is 1.74. The Kier molecular flexibility index (Phi) is 8.63. The SMILES string of the molecule is CCC(Sc1cccc(NC(=O)c2cccc(OC)c2)c1)C(=O)Nc1ccc(OC)c(Cl)c1. The summed E-state index contributed by atoms with van der Waals surface area (Å²) in [4.78, 5) is 26.3. The van der Waals surface area contributed by atoms with E-state index in [1.807, 2.05) is 31.2 Å². The molecule has 0 radical (unpaired) electrons. The van der Waals surface area contributed by atoms with Crippen molar-refractivity contribution in [2.45, 2.75) is 23.5 Å². The number of benzene rings is 3. The minimum atomic E-state index is -0.324. The fourth-order valence-electron chi connectivity index (χ4n) is 3.07. The lowest BCUT2D eigenvalue weighted by Crippen LogP contribution is -2.24. The third-order valence-electron chi connectivity index (χ3n) is 4.78. The molecule has 0 fully saturated rings. The van der Waals surface area contributed by atoms with Gasteiger partial charge >= 0.3 is 0 Å². The molecule has 0 saturated carbocycles. The maximum absolute atomic E-state index is 12.8. The van der Waals surface area contributed by atoms with E-state index in [-0.39, 0.29) is 17.1 Å². The number of carbonyl (C=O) groups excluding carboxylic acids is 2. The van der Waals surface area contributed by atoms with E-state index in [0.29, 0.717) is 39.9 Å². The maximum Gasteiger partial charge on any atom is 0.255 e. The monoisotopic (exact) mass is 484 g/mol. The van der Waals surface area contributed by atoms with Crippen LogP contribution < -0.4 is 20.1 Å². The molecule has 0 saturated heterocycles. The number of anilines is 2. The lowest BCUT2D eigenvalue weighted by Gasteiger charge is -2.16. The van der Waals surface area contributed by atoms with Crippen LogP contribution >= 0.6 is 23.4 Å². The molecule has 1 atom stereocenters. The third-order valence-corrected chi connectivity index (χ3v) is 6.44. The minimum absolute atomic E-state index is 0.130. The van der Waals surface area contributed by atoms with E-state index < -0.39 is 0 Å². The van der Waals surface area contributed by atoms with Crippen molar-refractivity contribution in [3.05, 3.63) is 77.3 Å². The van der Waals surface area contributed by atoms with Gasteiger partial charge in [0.25, 0.3) is 5.91 Å². The van der Waals surface area contributed by atoms with Crippen LogP contribution in [-0.2, 0) is 4.79 Å². The Hall–Kier alpha value is -3.16. The van der Waals surface area contributed by atoms with Crippen LogP contribution in [0.3, 0.4) is 0 Å². The highest BCUT2D eigenvalue weighted by atomic mass is 35.5. The van der Waals surface area contributed by atoms with Crippen LogP contribution in [-0.4, -0.2) is 31.3 Å². The van der Waals surface area contributed by atoms with Crippen LogP contribution in [0.2, 0.25) is 5.02 Å². The number of nitrogens with one attached hydrogen (secondary N) is 2. The van der Waals surface area contributed by atoms with Crippen LogP contribution in [0.15, 0.2) is 71.6 Å². The van der Waals surface area contributed by atoms with Gasteiger partial charge in [-0.1, -0.05) is 30.7 Å². The van der Waals surface area contributed by atoms with Crippen LogP contribution in [0.5, 0.6) is 11.5 Å². The summed E-state index contributed by atoms with van der Waals surface area (Å²) in [7, 11) is 3.09. The number of ether oxygens (including phenoxy) is 2. The average molecular weight is 485 g/mol. The van der Waals surface area contributed by atoms with Gasteiger partial charge in [-0.25, -0.2) is 0 Å². The van der Waals surface area contributed by atoms with Gasteiger partial charge in [0.1, 0.15) is 11.5 Å². The van der Waals surface area contributed by atoms with Gasteiger partial charge in [-0.2, -0.15) is 0 Å². The van der Waals surface area contributed by atoms with Gasteiger partial charge in [0, 0.05) is 21.8 Å². The van der Waals surface area contributed by atoms with Crippen LogP contribution in [0.4, 0.5) is 11.4 Å². The molecular formula is C25H25ClN2O4S. The fraction of sp³-hybridized carbons (Fsp3) is 0.200. The molecule has 0 spiro atoms. The van der Waals surface area contributed by atoms with Gasteiger partial charge in [-0.15, -0.1) is 11.8 Å². The zero-order chi connectivity index (χ0) is 23.8. The van der Waals surface area contributed by atoms with E-state index in [1.165, 1.54) is 18.9 Å². The first-order chi connectivity index (χ1) is 15.9. The Labute approximate surface area is 202 Å². The Morgan fingerprint density at radius 1 is 0.939 bits per heavy atom. The van der Waals surface area contributed by atoms with E-state index in [9.17, 15) is 9.59 Å². The van der Waals surface area contributed by atoms with E-state index in [2.05, 4.69) is 10.6 Å². The molecule has 3 rings (SSSR count). The molecular weight excluding hydrogens is 460 g/mol. The molecule has 0 bridgehead atoms. The molecule has 0 heterocycles. The van der Waals surface area contributed by atoms with Crippen LogP contribution in [0.25, 0.3) is 0 Å². The normalized spacial score (nSPS) is 11.4. The zero-order valence-corrected chi connectivity index (χ0v) is 20.1. The number of hydrogen-bond acceptors (Lipinski definition) is 5. The first-order valence-corrected chi connectivity index (χ1v) is 11.6. The Morgan fingerprint density at radius 3 is 2.39 bits per heavy atom. The number of rotatable bonds is 9. The van der Waals surface area contributed by atoms with Crippen molar-refractivity contribution in [2.75, 3.05) is 24.9 Å². The molecule has 0 aromatic heterocycles. The average Bonchev–Trinajstić information content (AvgIpc) is 2.82. The quantitative estimate of drug-likeness (QED) is 0.358. The van der Waals surface area contributed by atoms with Gasteiger partial charge in [0.15, 0.2) is 0 Å². The summed E-state index contributed by atoms with van der Waals surface area (Å²) >= 11 is 7.58. The molecule has 0 aliphatic rings. The molecule has 0 aliphatic carbocycles. The molecule has 1 unspecified atom stereocenters. The number of carbonyl (C=O) groups is 2. The zero-order valence-electron chi connectivity index (χ0n) is 18.6. The molecule has 2 amide bonds. The van der Waals surface area contributed by atoms with Crippen molar-refractivity contribution >= 4 is 46.6 Å². The van der Waals surface area contributed by atoms with E-state index in [4.69, 9.17) is 21.1 Å². The van der Waals surface area contributed by atoms with Crippen molar-refractivity contribution < 1.29 is 19.1 Å². The fourth-order valence-corrected chi connectivity index (χ4v) is 4.34. The van der Waals surface area contributed by atoms with Crippen molar-refractivity contribution in [3.8, 4) is 11.5 Å². The molecule has 6 nitrogen and oxygen atoms in total. The largest absolute Gasteiger partial charge is 0.497 e. The van der Waals surface area contributed by atoms with Crippen molar-refractivity contribution in [3.63, 3.8) is 0 Å². The molecule has 3 aromatic rings. The second kappa shape index (κ2) is 11.6. The summed E-state index contributed by atoms with van der Waals surface area (Å²) in [6, 6.07) is 19.5. The van der Waals surface area contributed by atoms with Crippen LogP contribution in [0.1, 0.15) is 23.7 Å². The number of methoxy groups -OCH3 is 2. The highest BCUT2D eigenvalue weighted by Crippen LogP contribution is 2.31. The lowest BCUT2D eigenvalue weighted by molar-refractivity contribution is -0.115. The van der Waals surface area contributed by atoms with Crippen molar-refractivity contribution in [1.29, 1.82) is 0 Å². The van der Waals surface area contributed by atoms with E-state index in [1.54, 1.807) is 49.6 Å². The Morgan fingerprint density at radius 2 is 1.70 bits per heavy atom. The standard InChI is InChI=1S/C25H25ClN2O4S/c1-4-23(25(30)28-18-11-12-22(32-3)21(26)15-18)33-20-10-6-8-17(14-20)27-24(29)16-7-5-9-19(13-16)31-2/h5-15,23H,4H2,1-3H3,(H,27,29)(H,28,30). The highest BCUT2D eigenvalue weighted by molar-refractivity contribution is 8.00. The Bertz CT molecular complexity index is 1140. The summed E-state index contributed by atoms with van der Waals surface area (Å²) in [5, 5.41) is 5.90. The summed E-state index contributed by atoms with van der Waals surface area (Å²) < 4.78 is 10.3. The second-order valence-electron chi connectivity index (χ2n) is 7.07. The van der Waals surface area contributed by atoms with E-state index >= 15 is 0 Å². The van der Waals surface area contributed by atoms with E-state index in [0.717, 1.165) is 4.90 Å². The minimum Gasteiger partial charge on any atom is -0.497 e. The lowest BCUT2D eigenvalue weighted by atomic mass is 10.2. The molecule has 8 heteroatoms. The third kappa shape index (κ3) is 6.66. The van der Waals surface area contributed by atoms with Gasteiger partial charge in [0.05, 0.1) is 24.5 Å². The maximum atomic E-state index is 12.8. The first kappa shape index (κ1) is 24.5. The topological polar surface area (TPSA) is 76.7 Å². The smallest absolute Gasteiger partial charge is 0.255 e.